The van der Waals surface area contributed by atoms with Crippen LogP contribution in [0.15, 0.2) is 24.4 Å². The van der Waals surface area contributed by atoms with Crippen molar-refractivity contribution in [2.45, 2.75) is 45.4 Å². The summed E-state index contributed by atoms with van der Waals surface area (Å²) in [5, 5.41) is 1.72. The molecule has 0 aliphatic carbocycles. The number of carbonyl (C=O) groups is 1. The van der Waals surface area contributed by atoms with Crippen molar-refractivity contribution in [1.29, 1.82) is 0 Å². The van der Waals surface area contributed by atoms with Crippen molar-refractivity contribution in [3.8, 4) is 0 Å². The lowest BCUT2D eigenvalue weighted by Gasteiger charge is -2.00. The Morgan fingerprint density at radius 2 is 1.95 bits per heavy atom. The minimum absolute atomic E-state index is 0.245. The van der Waals surface area contributed by atoms with E-state index < -0.39 is 0 Å². The fraction of sp³-hybridized carbons (Fsp3) is 0.471. The molecule has 1 aromatic heterocycles. The fourth-order valence-electron chi connectivity index (χ4n) is 2.60. The summed E-state index contributed by atoms with van der Waals surface area (Å²) in [6.07, 6.45) is 8.44. The average molecular weight is 292 g/mol. The van der Waals surface area contributed by atoms with Crippen molar-refractivity contribution >= 4 is 28.3 Å². The van der Waals surface area contributed by atoms with E-state index in [2.05, 4.69) is 6.92 Å². The van der Waals surface area contributed by atoms with Gasteiger partial charge in [-0.25, -0.2) is 0 Å². The lowest BCUT2D eigenvalue weighted by Crippen LogP contribution is -1.98. The first-order chi connectivity index (χ1) is 9.63. The molecule has 0 fully saturated rings. The maximum Gasteiger partial charge on any atom is 0.165 e. The van der Waals surface area contributed by atoms with Crippen molar-refractivity contribution in [3.05, 3.63) is 35.0 Å². The van der Waals surface area contributed by atoms with Gasteiger partial charge in [-0.3, -0.25) is 4.79 Å². The molecule has 0 aliphatic heterocycles. The van der Waals surface area contributed by atoms with Crippen LogP contribution >= 0.6 is 11.6 Å². The zero-order valence-corrected chi connectivity index (χ0v) is 13.0. The van der Waals surface area contributed by atoms with Gasteiger partial charge in [0, 0.05) is 41.2 Å². The zero-order chi connectivity index (χ0) is 14.5. The molecule has 20 heavy (non-hydrogen) atoms. The highest BCUT2D eigenvalue weighted by molar-refractivity contribution is 6.31. The number of hydrogen-bond donors (Lipinski definition) is 0. The van der Waals surface area contributed by atoms with Gasteiger partial charge in [0.25, 0.3) is 0 Å². The molecule has 1 aromatic carbocycles. The fourth-order valence-corrected chi connectivity index (χ4v) is 2.77. The highest BCUT2D eigenvalue weighted by Gasteiger charge is 2.13. The molecular weight excluding hydrogens is 270 g/mol. The highest BCUT2D eigenvalue weighted by atomic mass is 35.5. The van der Waals surface area contributed by atoms with E-state index in [1.54, 1.807) is 0 Å². The molecule has 2 nitrogen and oxygen atoms in total. The normalized spacial score (nSPS) is 11.2. The first-order valence-electron chi connectivity index (χ1n) is 7.41. The summed E-state index contributed by atoms with van der Waals surface area (Å²) >= 11 is 6.01. The minimum atomic E-state index is 0.245. The lowest BCUT2D eigenvalue weighted by molar-refractivity contribution is 0.0980. The number of unbranched alkanes of at least 4 members (excludes halogenated alkanes) is 4. The van der Waals surface area contributed by atoms with Crippen molar-refractivity contribution in [2.75, 3.05) is 0 Å². The zero-order valence-electron chi connectivity index (χ0n) is 12.3. The molecule has 0 spiro atoms. The second-order valence-electron chi connectivity index (χ2n) is 5.40. The summed E-state index contributed by atoms with van der Waals surface area (Å²) in [7, 11) is 1.96. The third-order valence-electron chi connectivity index (χ3n) is 3.76. The predicted octanol–water partition coefficient (Wildman–Crippen LogP) is 5.37. The number of hydrogen-bond acceptors (Lipinski definition) is 1. The van der Waals surface area contributed by atoms with Gasteiger partial charge in [0.15, 0.2) is 5.78 Å². The number of fused-ring (bicyclic) bond motifs is 1. The molecule has 0 amide bonds. The molecule has 108 valence electrons. The molecule has 0 unspecified atom stereocenters. The Balaban J connectivity index is 2.07. The average Bonchev–Trinajstić information content (AvgIpc) is 2.75. The summed E-state index contributed by atoms with van der Waals surface area (Å²) in [5.74, 6) is 0.245. The van der Waals surface area contributed by atoms with Crippen LogP contribution in [0.4, 0.5) is 0 Å². The number of carbonyl (C=O) groups excluding carboxylic acids is 1. The van der Waals surface area contributed by atoms with E-state index in [0.717, 1.165) is 29.3 Å². The predicted molar refractivity (Wildman–Crippen MR) is 85.6 cm³/mol. The Kier molecular flexibility index (Phi) is 5.24. The van der Waals surface area contributed by atoms with Gasteiger partial charge in [0.2, 0.25) is 0 Å². The maximum absolute atomic E-state index is 12.3. The van der Waals surface area contributed by atoms with Gasteiger partial charge in [-0.05, 0) is 18.6 Å². The van der Waals surface area contributed by atoms with Crippen molar-refractivity contribution in [3.63, 3.8) is 0 Å². The lowest BCUT2D eigenvalue weighted by atomic mass is 10.0. The van der Waals surface area contributed by atoms with Crippen LogP contribution in [0.25, 0.3) is 10.9 Å². The molecule has 0 atom stereocenters. The summed E-state index contributed by atoms with van der Waals surface area (Å²) in [6.45, 7) is 2.20. The second kappa shape index (κ2) is 6.94. The van der Waals surface area contributed by atoms with Crippen LogP contribution in [0, 0.1) is 0 Å². The Morgan fingerprint density at radius 1 is 1.20 bits per heavy atom. The Morgan fingerprint density at radius 3 is 2.70 bits per heavy atom. The molecule has 0 saturated carbocycles. The molecule has 0 radical (unpaired) electrons. The largest absolute Gasteiger partial charge is 0.350 e. The number of halogens is 1. The van der Waals surface area contributed by atoms with Crippen LogP contribution in [0.2, 0.25) is 5.02 Å². The number of ketones is 1. The van der Waals surface area contributed by atoms with E-state index in [9.17, 15) is 4.79 Å². The van der Waals surface area contributed by atoms with Gasteiger partial charge in [0.1, 0.15) is 0 Å². The molecule has 2 rings (SSSR count). The van der Waals surface area contributed by atoms with E-state index in [1.807, 2.05) is 36.0 Å². The minimum Gasteiger partial charge on any atom is -0.350 e. The van der Waals surface area contributed by atoms with Crippen molar-refractivity contribution in [2.24, 2.45) is 7.05 Å². The molecular formula is C17H22ClNO. The molecule has 0 bridgehead atoms. The van der Waals surface area contributed by atoms with Crippen molar-refractivity contribution in [1.82, 2.24) is 4.57 Å². The van der Waals surface area contributed by atoms with Gasteiger partial charge in [0.05, 0.1) is 0 Å². The van der Waals surface area contributed by atoms with Crippen LogP contribution in [0.1, 0.15) is 55.8 Å². The van der Waals surface area contributed by atoms with E-state index in [0.29, 0.717) is 11.4 Å². The number of benzene rings is 1. The number of aryl methyl sites for hydroxylation is 1. The highest BCUT2D eigenvalue weighted by Crippen LogP contribution is 2.25. The standard InChI is InChI=1S/C17H22ClNO/c1-3-4-5-6-7-8-17(20)15-12-19(2)16-11-13(18)9-10-14(15)16/h9-12H,3-8H2,1-2H3. The Hall–Kier alpha value is -1.28. The van der Waals surface area contributed by atoms with Crippen LogP contribution in [0.3, 0.4) is 0 Å². The third kappa shape index (κ3) is 3.43. The quantitative estimate of drug-likeness (QED) is 0.496. The summed E-state index contributed by atoms with van der Waals surface area (Å²) in [4.78, 5) is 12.3. The molecule has 0 aliphatic rings. The smallest absolute Gasteiger partial charge is 0.165 e. The molecule has 1 heterocycles. The SMILES string of the molecule is CCCCCCCC(=O)c1cn(C)c2cc(Cl)ccc12. The second-order valence-corrected chi connectivity index (χ2v) is 5.84. The first kappa shape index (κ1) is 15.1. The van der Waals surface area contributed by atoms with Crippen molar-refractivity contribution < 1.29 is 4.79 Å². The molecule has 0 N–H and O–H groups in total. The maximum atomic E-state index is 12.3. The number of aromatic nitrogens is 1. The summed E-state index contributed by atoms with van der Waals surface area (Å²) in [5.41, 5.74) is 1.85. The number of Topliss-reactive ketones (excluding diaryl/α,β-unsaturated/α-hetero) is 1. The van der Waals surface area contributed by atoms with E-state index in [4.69, 9.17) is 11.6 Å². The third-order valence-corrected chi connectivity index (χ3v) is 4.00. The van der Waals surface area contributed by atoms with Crippen LogP contribution < -0.4 is 0 Å². The molecule has 2 aromatic rings. The number of rotatable bonds is 7. The van der Waals surface area contributed by atoms with E-state index >= 15 is 0 Å². The van der Waals surface area contributed by atoms with Gasteiger partial charge in [-0.15, -0.1) is 0 Å². The monoisotopic (exact) mass is 291 g/mol. The van der Waals surface area contributed by atoms with Crippen LogP contribution in [0.5, 0.6) is 0 Å². The Bertz CT molecular complexity index is 600. The van der Waals surface area contributed by atoms with Gasteiger partial charge >= 0.3 is 0 Å². The van der Waals surface area contributed by atoms with Crippen LogP contribution in [-0.2, 0) is 7.05 Å². The van der Waals surface area contributed by atoms with Crippen LogP contribution in [-0.4, -0.2) is 10.4 Å². The molecule has 3 heteroatoms. The van der Waals surface area contributed by atoms with Gasteiger partial charge in [-0.2, -0.15) is 0 Å². The topological polar surface area (TPSA) is 22.0 Å². The van der Waals surface area contributed by atoms with Gasteiger partial charge < -0.3 is 4.57 Å². The van der Waals surface area contributed by atoms with Gasteiger partial charge in [-0.1, -0.05) is 50.3 Å². The summed E-state index contributed by atoms with van der Waals surface area (Å²) in [6, 6.07) is 5.71. The first-order valence-corrected chi connectivity index (χ1v) is 7.79. The number of nitrogens with zero attached hydrogens (tertiary/aromatic N) is 1. The van der Waals surface area contributed by atoms with E-state index in [1.165, 1.54) is 19.3 Å². The summed E-state index contributed by atoms with van der Waals surface area (Å²) < 4.78 is 1.98. The Labute approximate surface area is 125 Å². The molecule has 0 saturated heterocycles. The van der Waals surface area contributed by atoms with E-state index in [-0.39, 0.29) is 5.78 Å².